The van der Waals surface area contributed by atoms with Gasteiger partial charge < -0.3 is 28.8 Å². The summed E-state index contributed by atoms with van der Waals surface area (Å²) in [6, 6.07) is 6.84. The number of esters is 1. The summed E-state index contributed by atoms with van der Waals surface area (Å²) >= 11 is 0. The van der Waals surface area contributed by atoms with Crippen LogP contribution >= 0.6 is 0 Å². The molecule has 232 valence electrons. The van der Waals surface area contributed by atoms with Gasteiger partial charge >= 0.3 is 5.97 Å². The van der Waals surface area contributed by atoms with Gasteiger partial charge in [-0.25, -0.2) is 0 Å². The van der Waals surface area contributed by atoms with Gasteiger partial charge in [0, 0.05) is 17.5 Å². The van der Waals surface area contributed by atoms with E-state index in [9.17, 15) is 19.5 Å². The first-order chi connectivity index (χ1) is 20.2. The third kappa shape index (κ3) is 10.7. The van der Waals surface area contributed by atoms with Gasteiger partial charge in [-0.3, -0.25) is 14.4 Å². The molecule has 0 saturated carbocycles. The zero-order valence-electron chi connectivity index (χ0n) is 25.7. The number of Topliss-reactive ketones (excluding diaryl/α,β-unsaturated/α-hetero) is 2. The second kappa shape index (κ2) is 18.8. The van der Waals surface area contributed by atoms with Gasteiger partial charge in [0.15, 0.2) is 11.6 Å². The molecule has 0 saturated heterocycles. The monoisotopic (exact) mass is 586 g/mol. The summed E-state index contributed by atoms with van der Waals surface area (Å²) in [5, 5.41) is 10.5. The highest BCUT2D eigenvalue weighted by Crippen LogP contribution is 2.35. The summed E-state index contributed by atoms with van der Waals surface area (Å²) in [6.45, 7) is 8.57. The number of carbonyl (C=O) groups is 3. The van der Waals surface area contributed by atoms with Crippen LogP contribution < -0.4 is 14.2 Å². The third-order valence-electron chi connectivity index (χ3n) is 6.69. The van der Waals surface area contributed by atoms with Gasteiger partial charge in [0.05, 0.1) is 38.1 Å². The second-order valence-corrected chi connectivity index (χ2v) is 10.0. The topological polar surface area (TPSA) is 118 Å². The molecule has 0 radical (unpaired) electrons. The van der Waals surface area contributed by atoms with E-state index in [4.69, 9.17) is 18.9 Å². The molecule has 0 heterocycles. The highest BCUT2D eigenvalue weighted by Gasteiger charge is 2.19. The number of carbonyl (C=O) groups excluding carboxylic acids is 3. The zero-order chi connectivity index (χ0) is 30.9. The van der Waals surface area contributed by atoms with Crippen LogP contribution in [-0.2, 0) is 27.1 Å². The molecule has 0 bridgehead atoms. The molecule has 9 nitrogen and oxygen atoms in total. The second-order valence-electron chi connectivity index (χ2n) is 10.0. The number of ether oxygens (including phenoxy) is 5. The molecular weight excluding hydrogens is 540 g/mol. The predicted octanol–water partition coefficient (Wildman–Crippen LogP) is 6.29. The van der Waals surface area contributed by atoms with Crippen molar-refractivity contribution < 1.29 is 43.2 Å². The molecule has 0 amide bonds. The molecule has 42 heavy (non-hydrogen) atoms. The van der Waals surface area contributed by atoms with Crippen LogP contribution in [0.3, 0.4) is 0 Å². The van der Waals surface area contributed by atoms with Gasteiger partial charge in [-0.15, -0.1) is 0 Å². The van der Waals surface area contributed by atoms with Crippen LogP contribution in [0.1, 0.15) is 98.1 Å². The van der Waals surface area contributed by atoms with E-state index in [2.05, 4.69) is 11.7 Å². The highest BCUT2D eigenvalue weighted by atomic mass is 16.5. The van der Waals surface area contributed by atoms with Crippen molar-refractivity contribution >= 4 is 17.5 Å². The van der Waals surface area contributed by atoms with Crippen molar-refractivity contribution in [1.82, 2.24) is 0 Å². The van der Waals surface area contributed by atoms with Crippen LogP contribution in [-0.4, -0.2) is 62.8 Å². The van der Waals surface area contributed by atoms with Gasteiger partial charge in [-0.1, -0.05) is 26.7 Å². The van der Waals surface area contributed by atoms with Crippen molar-refractivity contribution in [3.8, 4) is 23.0 Å². The van der Waals surface area contributed by atoms with Crippen LogP contribution in [0.15, 0.2) is 24.3 Å². The molecule has 0 aliphatic carbocycles. The quantitative estimate of drug-likeness (QED) is 0.102. The Labute approximate surface area is 249 Å². The summed E-state index contributed by atoms with van der Waals surface area (Å²) < 4.78 is 28.4. The number of ketones is 2. The lowest BCUT2D eigenvalue weighted by Crippen LogP contribution is -2.15. The number of aromatic hydroxyl groups is 1. The summed E-state index contributed by atoms with van der Waals surface area (Å²) in [4.78, 5) is 35.4. The number of phenolic OH excluding ortho intramolecular Hbond substituents is 1. The maximum absolute atomic E-state index is 12.4. The molecule has 0 spiro atoms. The van der Waals surface area contributed by atoms with E-state index >= 15 is 0 Å². The lowest BCUT2D eigenvalue weighted by Gasteiger charge is -2.19. The fourth-order valence-corrected chi connectivity index (χ4v) is 4.55. The number of phenols is 1. The van der Waals surface area contributed by atoms with Crippen molar-refractivity contribution in [2.24, 2.45) is 0 Å². The van der Waals surface area contributed by atoms with Crippen LogP contribution in [0.2, 0.25) is 0 Å². The number of methoxy groups -OCH3 is 1. The number of benzene rings is 2. The Hall–Kier alpha value is -3.59. The van der Waals surface area contributed by atoms with E-state index < -0.39 is 0 Å². The van der Waals surface area contributed by atoms with E-state index in [1.807, 2.05) is 13.0 Å². The summed E-state index contributed by atoms with van der Waals surface area (Å²) in [6.07, 6.45) is 5.72. The van der Waals surface area contributed by atoms with Crippen LogP contribution in [0.25, 0.3) is 0 Å². The Balaban J connectivity index is 1.92. The zero-order valence-corrected chi connectivity index (χ0v) is 25.7. The van der Waals surface area contributed by atoms with Crippen molar-refractivity contribution in [3.05, 3.63) is 46.5 Å². The van der Waals surface area contributed by atoms with Crippen molar-refractivity contribution in [1.29, 1.82) is 0 Å². The lowest BCUT2D eigenvalue weighted by molar-refractivity contribution is -0.140. The molecule has 0 atom stereocenters. The summed E-state index contributed by atoms with van der Waals surface area (Å²) in [5.41, 5.74) is 2.28. The highest BCUT2D eigenvalue weighted by molar-refractivity contribution is 5.98. The maximum atomic E-state index is 12.4. The van der Waals surface area contributed by atoms with Crippen molar-refractivity contribution in [2.45, 2.75) is 79.1 Å². The Morgan fingerprint density at radius 1 is 0.690 bits per heavy atom. The maximum Gasteiger partial charge on any atom is 0.305 e. The van der Waals surface area contributed by atoms with E-state index in [0.717, 1.165) is 37.7 Å². The van der Waals surface area contributed by atoms with Crippen LogP contribution in [0.5, 0.6) is 23.0 Å². The van der Waals surface area contributed by atoms with E-state index in [0.29, 0.717) is 60.9 Å². The fraction of sp³-hybridized carbons (Fsp3) is 0.545. The molecule has 0 aromatic heterocycles. The first kappa shape index (κ1) is 34.6. The van der Waals surface area contributed by atoms with Crippen LogP contribution in [0, 0.1) is 0 Å². The summed E-state index contributed by atoms with van der Waals surface area (Å²) in [5.74, 6) is 1.24. The van der Waals surface area contributed by atoms with Gasteiger partial charge in [-0.05, 0) is 70.2 Å². The standard InChI is InChI=1S/C33H46O9/c1-6-11-27-29(16-14-25(23(3)34)32(27)37)41-21-19-39-20-22-42-33-26(24(4)35)15-17-30(28(33)12-7-2)40-18-10-8-9-13-31(36)38-5/h14-17,37H,6-13,18-22H2,1-5H3. The average molecular weight is 587 g/mol. The van der Waals surface area contributed by atoms with E-state index in [-0.39, 0.29) is 48.7 Å². The fourth-order valence-electron chi connectivity index (χ4n) is 4.55. The van der Waals surface area contributed by atoms with Crippen molar-refractivity contribution in [3.63, 3.8) is 0 Å². The first-order valence-corrected chi connectivity index (χ1v) is 14.8. The minimum absolute atomic E-state index is 0.0231. The minimum atomic E-state index is -0.207. The summed E-state index contributed by atoms with van der Waals surface area (Å²) in [7, 11) is 1.39. The van der Waals surface area contributed by atoms with Gasteiger partial charge in [0.2, 0.25) is 0 Å². The first-order valence-electron chi connectivity index (χ1n) is 14.8. The Kier molecular flexibility index (Phi) is 15.5. The molecule has 0 aliphatic heterocycles. The number of hydrogen-bond acceptors (Lipinski definition) is 9. The Bertz CT molecular complexity index is 1170. The predicted molar refractivity (Wildman–Crippen MR) is 160 cm³/mol. The van der Waals surface area contributed by atoms with Gasteiger partial charge in [0.1, 0.15) is 36.2 Å². The van der Waals surface area contributed by atoms with E-state index in [1.54, 1.807) is 18.2 Å². The third-order valence-corrected chi connectivity index (χ3v) is 6.69. The molecule has 2 aromatic rings. The Morgan fingerprint density at radius 3 is 1.88 bits per heavy atom. The largest absolute Gasteiger partial charge is 0.507 e. The molecule has 0 fully saturated rings. The molecule has 0 unspecified atom stereocenters. The smallest absolute Gasteiger partial charge is 0.305 e. The number of hydrogen-bond donors (Lipinski definition) is 1. The Morgan fingerprint density at radius 2 is 1.26 bits per heavy atom. The lowest BCUT2D eigenvalue weighted by atomic mass is 10.0. The SMILES string of the molecule is CCCc1c(OCCOCCOc2c(C(C)=O)ccc(OCCCCCC(=O)OC)c2CCC)ccc(C(C)=O)c1O. The van der Waals surface area contributed by atoms with Crippen LogP contribution in [0.4, 0.5) is 0 Å². The molecule has 2 aromatic carbocycles. The number of unbranched alkanes of at least 4 members (excludes halogenated alkanes) is 2. The van der Waals surface area contributed by atoms with Gasteiger partial charge in [-0.2, -0.15) is 0 Å². The normalized spacial score (nSPS) is 10.8. The van der Waals surface area contributed by atoms with Gasteiger partial charge in [0.25, 0.3) is 0 Å². The van der Waals surface area contributed by atoms with Crippen molar-refractivity contribution in [2.75, 3.05) is 40.1 Å². The number of rotatable bonds is 21. The molecular formula is C33H46O9. The van der Waals surface area contributed by atoms with E-state index in [1.165, 1.54) is 21.0 Å². The molecule has 1 N–H and O–H groups in total. The molecule has 2 rings (SSSR count). The minimum Gasteiger partial charge on any atom is -0.507 e. The molecule has 0 aliphatic rings. The molecule has 9 heteroatoms. The average Bonchev–Trinajstić information content (AvgIpc) is 2.96.